The molecule has 0 aliphatic carbocycles. The fourth-order valence-electron chi connectivity index (χ4n) is 1.29. The summed E-state index contributed by atoms with van der Waals surface area (Å²) in [5.41, 5.74) is 2.79. The van der Waals surface area contributed by atoms with Crippen molar-refractivity contribution >= 4 is 13.8 Å². The zero-order valence-corrected chi connectivity index (χ0v) is 10.1. The third kappa shape index (κ3) is 4.26. The highest BCUT2D eigenvalue weighted by molar-refractivity contribution is 7.53. The number of nitrogens with zero attached hydrogens (tertiary/aromatic N) is 1. The van der Waals surface area contributed by atoms with Crippen LogP contribution in [0.3, 0.4) is 0 Å². The van der Waals surface area contributed by atoms with Crippen LogP contribution in [0.1, 0.15) is 20.3 Å². The van der Waals surface area contributed by atoms with E-state index in [1.807, 2.05) is 20.0 Å². The average molecular weight is 233 g/mol. The largest absolute Gasteiger partial charge is 0.330 e. The Kier molecular flexibility index (Phi) is 5.19. The summed E-state index contributed by atoms with van der Waals surface area (Å²) in [5.74, 6) is 0. The van der Waals surface area contributed by atoms with Crippen molar-refractivity contribution in [1.29, 1.82) is 0 Å². The standard InChI is InChI=1S/C9H17N2O3P/c1-3-13-15(12,14-4-2)6-5-9-7-10-11-8-9/h7-8H,3-6H2,1-2H3,(H,10,11)/p+1. The van der Waals surface area contributed by atoms with Crippen LogP contribution in [0.5, 0.6) is 0 Å². The third-order valence-corrected chi connectivity index (χ3v) is 4.02. The van der Waals surface area contributed by atoms with E-state index in [-0.39, 0.29) is 0 Å². The van der Waals surface area contributed by atoms with E-state index in [1.54, 1.807) is 11.6 Å². The Morgan fingerprint density at radius 2 is 2.07 bits per heavy atom. The molecule has 2 N–H and O–H groups in total. The van der Waals surface area contributed by atoms with Crippen molar-refractivity contribution in [1.82, 2.24) is 0 Å². The van der Waals surface area contributed by atoms with Gasteiger partial charge in [-0.3, -0.25) is 4.57 Å². The molecule has 0 bridgehead atoms. The molecule has 0 radical (unpaired) electrons. The fourth-order valence-corrected chi connectivity index (χ4v) is 2.95. The first-order valence-electron chi connectivity index (χ1n) is 5.14. The van der Waals surface area contributed by atoms with Gasteiger partial charge < -0.3 is 9.05 Å². The molecule has 0 amide bonds. The molecule has 1 aliphatic rings. The summed E-state index contributed by atoms with van der Waals surface area (Å²) < 4.78 is 22.4. The van der Waals surface area contributed by atoms with E-state index in [0.29, 0.717) is 25.8 Å². The number of rotatable bonds is 7. The van der Waals surface area contributed by atoms with Gasteiger partial charge in [0.05, 0.1) is 25.6 Å². The Hall–Kier alpha value is -0.480. The molecule has 5 nitrogen and oxygen atoms in total. The smallest absolute Gasteiger partial charge is 0.309 e. The van der Waals surface area contributed by atoms with Gasteiger partial charge in [-0.2, -0.15) is 5.43 Å². The molecule has 0 unspecified atom stereocenters. The minimum atomic E-state index is -2.89. The van der Waals surface area contributed by atoms with E-state index in [4.69, 9.17) is 9.05 Å². The first-order valence-corrected chi connectivity index (χ1v) is 6.86. The van der Waals surface area contributed by atoms with Crippen molar-refractivity contribution in [3.63, 3.8) is 0 Å². The maximum absolute atomic E-state index is 12.0. The lowest BCUT2D eigenvalue weighted by molar-refractivity contribution is -0.590. The van der Waals surface area contributed by atoms with E-state index in [2.05, 4.69) is 5.10 Å². The van der Waals surface area contributed by atoms with Gasteiger partial charge in [-0.25, -0.2) is 0 Å². The second-order valence-corrected chi connectivity index (χ2v) is 5.27. The molecule has 0 fully saturated rings. The van der Waals surface area contributed by atoms with Crippen molar-refractivity contribution in [3.8, 4) is 0 Å². The Labute approximate surface area is 90.1 Å². The first kappa shape index (κ1) is 12.6. The highest BCUT2D eigenvalue weighted by Crippen LogP contribution is 2.48. The Morgan fingerprint density at radius 1 is 1.40 bits per heavy atom. The van der Waals surface area contributed by atoms with E-state index in [0.717, 1.165) is 5.57 Å². The van der Waals surface area contributed by atoms with Crippen molar-refractivity contribution in [2.45, 2.75) is 20.3 Å². The zero-order valence-electron chi connectivity index (χ0n) is 9.18. The van der Waals surface area contributed by atoms with Gasteiger partial charge in [0.25, 0.3) is 0 Å². The van der Waals surface area contributed by atoms with E-state index in [1.165, 1.54) is 0 Å². The lowest BCUT2D eigenvalue weighted by Gasteiger charge is -2.16. The van der Waals surface area contributed by atoms with Gasteiger partial charge in [-0.15, -0.1) is 0 Å². The van der Waals surface area contributed by atoms with Crippen LogP contribution in [0.15, 0.2) is 16.9 Å². The molecule has 0 atom stereocenters. The highest BCUT2D eigenvalue weighted by Gasteiger charge is 2.23. The van der Waals surface area contributed by atoms with Gasteiger partial charge in [0.1, 0.15) is 6.20 Å². The molecule has 86 valence electrons. The van der Waals surface area contributed by atoms with Crippen LogP contribution < -0.4 is 5.43 Å². The Bertz CT molecular complexity index is 292. The average Bonchev–Trinajstić information content (AvgIpc) is 2.68. The van der Waals surface area contributed by atoms with Gasteiger partial charge in [-0.05, 0) is 20.3 Å². The van der Waals surface area contributed by atoms with Gasteiger partial charge >= 0.3 is 7.60 Å². The Morgan fingerprint density at radius 3 is 2.53 bits per heavy atom. The second kappa shape index (κ2) is 6.18. The molecule has 0 aromatic rings. The van der Waals surface area contributed by atoms with Crippen LogP contribution in [0.25, 0.3) is 0 Å². The third-order valence-electron chi connectivity index (χ3n) is 1.94. The first-order chi connectivity index (χ1) is 7.20. The molecule has 15 heavy (non-hydrogen) atoms. The normalized spacial score (nSPS) is 15.7. The lowest BCUT2D eigenvalue weighted by Crippen LogP contribution is -2.69. The highest BCUT2D eigenvalue weighted by atomic mass is 31.2. The van der Waals surface area contributed by atoms with Crippen molar-refractivity contribution in [3.05, 3.63) is 11.8 Å². The minimum absolute atomic E-state index is 0.413. The molecular weight excluding hydrogens is 215 g/mol. The van der Waals surface area contributed by atoms with Crippen LogP contribution >= 0.6 is 7.60 Å². The number of nitrogens with two attached hydrogens (primary N) is 1. The van der Waals surface area contributed by atoms with Gasteiger partial charge in [0, 0.05) is 5.57 Å². The molecular formula is C9H18N2O3P+. The van der Waals surface area contributed by atoms with E-state index in [9.17, 15) is 4.57 Å². The van der Waals surface area contributed by atoms with Crippen LogP contribution in [0, 0.1) is 0 Å². The van der Waals surface area contributed by atoms with Gasteiger partial charge in [-0.1, -0.05) is 5.10 Å². The molecule has 0 spiro atoms. The molecule has 0 saturated heterocycles. The molecule has 1 heterocycles. The van der Waals surface area contributed by atoms with Crippen molar-refractivity contribution in [2.75, 3.05) is 19.4 Å². The van der Waals surface area contributed by atoms with E-state index < -0.39 is 7.60 Å². The molecule has 6 heteroatoms. The minimum Gasteiger partial charge on any atom is -0.309 e. The molecule has 1 rings (SSSR count). The molecule has 1 aliphatic heterocycles. The number of hydrogen-bond acceptors (Lipinski definition) is 4. The summed E-state index contributed by atoms with van der Waals surface area (Å²) in [6, 6.07) is 0. The zero-order chi connectivity index (χ0) is 11.1. The van der Waals surface area contributed by atoms with Crippen LogP contribution in [-0.4, -0.2) is 25.6 Å². The summed E-state index contributed by atoms with van der Waals surface area (Å²) in [4.78, 5) is 0. The number of hydrogen-bond donors (Lipinski definition) is 1. The predicted molar refractivity (Wildman–Crippen MR) is 58.8 cm³/mol. The Balaban J connectivity index is 2.43. The van der Waals surface area contributed by atoms with Gasteiger partial charge in [0.2, 0.25) is 0 Å². The van der Waals surface area contributed by atoms with Crippen molar-refractivity contribution in [2.24, 2.45) is 5.10 Å². The maximum Gasteiger partial charge on any atom is 0.330 e. The quantitative estimate of drug-likeness (QED) is 0.528. The second-order valence-electron chi connectivity index (χ2n) is 3.09. The molecule has 0 saturated carbocycles. The molecule has 0 aromatic heterocycles. The predicted octanol–water partition coefficient (Wildman–Crippen LogP) is 1.09. The lowest BCUT2D eigenvalue weighted by atomic mass is 10.2. The topological polar surface area (TPSA) is 64.5 Å². The monoisotopic (exact) mass is 233 g/mol. The molecule has 0 aromatic carbocycles. The van der Waals surface area contributed by atoms with Crippen LogP contribution in [0.4, 0.5) is 0 Å². The van der Waals surface area contributed by atoms with E-state index >= 15 is 0 Å². The van der Waals surface area contributed by atoms with Crippen LogP contribution in [0.2, 0.25) is 0 Å². The summed E-state index contributed by atoms with van der Waals surface area (Å²) >= 11 is 0. The van der Waals surface area contributed by atoms with Crippen molar-refractivity contribution < 1.29 is 19.0 Å². The summed E-state index contributed by atoms with van der Waals surface area (Å²) in [5, 5.41) is 3.94. The fraction of sp³-hybridized carbons (Fsp3) is 0.667. The summed E-state index contributed by atoms with van der Waals surface area (Å²) in [7, 11) is -2.89. The number of allylic oxidation sites excluding steroid dienone is 1. The number of quaternary nitrogens is 1. The summed E-state index contributed by atoms with van der Waals surface area (Å²) in [6.45, 7) is 4.46. The SMILES string of the molecule is CCOP(=O)(CCC1=C[NH2+]N=C1)OCC. The van der Waals surface area contributed by atoms with Crippen LogP contribution in [-0.2, 0) is 13.6 Å². The maximum atomic E-state index is 12.0. The summed E-state index contributed by atoms with van der Waals surface area (Å²) in [6.07, 6.45) is 4.77. The van der Waals surface area contributed by atoms with Gasteiger partial charge in [0.15, 0.2) is 0 Å².